The van der Waals surface area contributed by atoms with Crippen molar-refractivity contribution in [1.29, 1.82) is 5.41 Å². The van der Waals surface area contributed by atoms with Gasteiger partial charge in [-0.25, -0.2) is 4.99 Å². The van der Waals surface area contributed by atoms with Crippen molar-refractivity contribution in [2.24, 2.45) is 4.99 Å². The molecule has 1 aromatic rings. The van der Waals surface area contributed by atoms with E-state index in [0.717, 1.165) is 0 Å². The topological polar surface area (TPSA) is 48.2 Å². The average molecular weight is 307 g/mol. The van der Waals surface area contributed by atoms with Crippen LogP contribution >= 0.6 is 12.1 Å². The molecule has 0 aliphatic heterocycles. The normalized spacial score (nSPS) is 12.3. The lowest BCUT2D eigenvalue weighted by atomic mass is 10.1. The predicted octanol–water partition coefficient (Wildman–Crippen LogP) is 3.50. The Morgan fingerprint density at radius 2 is 2.00 bits per heavy atom. The fourth-order valence-electron chi connectivity index (χ4n) is 1.60. The zero-order valence-corrected chi connectivity index (χ0v) is 11.4. The molecule has 0 bridgehead atoms. The largest absolute Gasteiger partial charge is 0.393 e. The second-order valence-electron chi connectivity index (χ2n) is 3.98. The van der Waals surface area contributed by atoms with E-state index in [9.17, 15) is 17.1 Å². The molecule has 0 heterocycles. The van der Waals surface area contributed by atoms with Crippen molar-refractivity contribution in [2.45, 2.75) is 19.0 Å². The molecule has 0 unspecified atom stereocenters. The number of aliphatic imine (C=N–C) groups is 1. The number of likely N-dealkylation sites (N-methyl/N-ethyl adjacent to an activating group) is 1. The van der Waals surface area contributed by atoms with Crippen molar-refractivity contribution in [2.75, 3.05) is 7.05 Å². The molecule has 0 spiro atoms. The molecule has 0 saturated heterocycles. The van der Waals surface area contributed by atoms with Gasteiger partial charge in [0.25, 0.3) is 0 Å². The number of hydrogen-bond donors (Lipinski definition) is 2. The Kier molecular flexibility index (Phi) is 6.00. The number of amidine groups is 2. The Labute approximate surface area is 118 Å². The maximum atomic E-state index is 12.3. The van der Waals surface area contributed by atoms with Gasteiger partial charge in [0.1, 0.15) is 18.0 Å². The van der Waals surface area contributed by atoms with Gasteiger partial charge in [0.2, 0.25) is 5.17 Å². The van der Waals surface area contributed by atoms with Gasteiger partial charge >= 0.3 is 6.18 Å². The average Bonchev–Trinajstić information content (AvgIpc) is 2.36. The van der Waals surface area contributed by atoms with E-state index in [-0.39, 0.29) is 24.1 Å². The molecule has 2 N–H and O–H groups in total. The van der Waals surface area contributed by atoms with E-state index in [1.54, 1.807) is 13.1 Å². The second-order valence-corrected chi connectivity index (χ2v) is 4.52. The lowest BCUT2D eigenvalue weighted by Crippen LogP contribution is -2.22. The van der Waals surface area contributed by atoms with E-state index in [1.807, 2.05) is 0 Å². The van der Waals surface area contributed by atoms with E-state index >= 15 is 0 Å². The highest BCUT2D eigenvalue weighted by Gasteiger charge is 2.27. The summed E-state index contributed by atoms with van der Waals surface area (Å²) in [5.74, 6) is 0.310. The van der Waals surface area contributed by atoms with Gasteiger partial charge in [-0.15, -0.1) is 0 Å². The number of nitrogens with zero attached hydrogens (tertiary/aromatic N) is 1. The highest BCUT2D eigenvalue weighted by Crippen LogP contribution is 2.21. The van der Waals surface area contributed by atoms with E-state index in [4.69, 9.17) is 5.41 Å². The van der Waals surface area contributed by atoms with Crippen molar-refractivity contribution in [3.63, 3.8) is 0 Å². The van der Waals surface area contributed by atoms with Crippen LogP contribution in [0.25, 0.3) is 0 Å². The molecule has 0 aromatic heterocycles. The summed E-state index contributed by atoms with van der Waals surface area (Å²) in [6, 6.07) is 6.00. The quantitative estimate of drug-likeness (QED) is 0.510. The standard InChI is InChI=1S/C12H13F4N3S/c1-18-10(19-11(17)20-16)6-8-3-2-4-9(5-8)7-12(13,14)15/h2-5H,6-7H2,1H3,(H2,17,18,19). The highest BCUT2D eigenvalue weighted by molar-refractivity contribution is 8.09. The Morgan fingerprint density at radius 1 is 1.35 bits per heavy atom. The molecule has 0 atom stereocenters. The first-order valence-corrected chi connectivity index (χ1v) is 6.33. The SMILES string of the molecule is CN/C(Cc1cccc(CC(F)(F)F)c1)=N\C(=N)SF. The summed E-state index contributed by atoms with van der Waals surface area (Å²) >= 11 is -0.303. The Hall–Kier alpha value is -1.57. The highest BCUT2D eigenvalue weighted by atomic mass is 32.2. The van der Waals surface area contributed by atoms with Crippen LogP contribution in [0.15, 0.2) is 29.3 Å². The van der Waals surface area contributed by atoms with Crippen LogP contribution in [-0.2, 0) is 12.8 Å². The Morgan fingerprint density at radius 3 is 2.55 bits per heavy atom. The van der Waals surface area contributed by atoms with Crippen LogP contribution in [0.1, 0.15) is 11.1 Å². The van der Waals surface area contributed by atoms with E-state index in [0.29, 0.717) is 11.4 Å². The van der Waals surface area contributed by atoms with Crippen molar-refractivity contribution < 1.29 is 17.1 Å². The molecular formula is C12H13F4N3S. The lowest BCUT2D eigenvalue weighted by Gasteiger charge is -2.09. The first-order valence-electron chi connectivity index (χ1n) is 5.61. The number of nitrogens with one attached hydrogen (secondary N) is 2. The summed E-state index contributed by atoms with van der Waals surface area (Å²) in [6.45, 7) is 0. The molecule has 8 heteroatoms. The van der Waals surface area contributed by atoms with E-state index < -0.39 is 17.8 Å². The molecular weight excluding hydrogens is 294 g/mol. The third-order valence-electron chi connectivity index (χ3n) is 2.37. The molecule has 0 radical (unpaired) electrons. The van der Waals surface area contributed by atoms with Crippen molar-refractivity contribution >= 4 is 23.2 Å². The molecule has 0 amide bonds. The van der Waals surface area contributed by atoms with Gasteiger partial charge in [-0.05, 0) is 11.1 Å². The third-order valence-corrected chi connectivity index (χ3v) is 2.60. The molecule has 0 saturated carbocycles. The molecule has 110 valence electrons. The van der Waals surface area contributed by atoms with Crippen LogP contribution < -0.4 is 5.32 Å². The summed E-state index contributed by atoms with van der Waals surface area (Å²) in [7, 11) is 1.55. The van der Waals surface area contributed by atoms with Crippen molar-refractivity contribution in [1.82, 2.24) is 5.32 Å². The summed E-state index contributed by atoms with van der Waals surface area (Å²) in [6.07, 6.45) is -5.06. The van der Waals surface area contributed by atoms with Crippen molar-refractivity contribution in [3.8, 4) is 0 Å². The van der Waals surface area contributed by atoms with Gasteiger partial charge in [-0.1, -0.05) is 24.3 Å². The lowest BCUT2D eigenvalue weighted by molar-refractivity contribution is -0.127. The van der Waals surface area contributed by atoms with E-state index in [1.165, 1.54) is 18.2 Å². The number of alkyl halides is 3. The third kappa shape index (κ3) is 6.05. The minimum absolute atomic E-state index is 0.153. The van der Waals surface area contributed by atoms with E-state index in [2.05, 4.69) is 10.3 Å². The molecule has 3 nitrogen and oxygen atoms in total. The monoisotopic (exact) mass is 307 g/mol. The predicted molar refractivity (Wildman–Crippen MR) is 72.8 cm³/mol. The first kappa shape index (κ1) is 16.5. The summed E-state index contributed by atoms with van der Waals surface area (Å²) in [4.78, 5) is 3.67. The maximum absolute atomic E-state index is 12.3. The number of rotatable bonds is 3. The smallest absolute Gasteiger partial charge is 0.376 e. The molecule has 20 heavy (non-hydrogen) atoms. The maximum Gasteiger partial charge on any atom is 0.393 e. The zero-order chi connectivity index (χ0) is 15.2. The fourth-order valence-corrected chi connectivity index (χ4v) is 1.74. The Balaban J connectivity index is 2.84. The first-order chi connectivity index (χ1) is 9.34. The number of benzene rings is 1. The van der Waals surface area contributed by atoms with Crippen LogP contribution in [0.2, 0.25) is 0 Å². The van der Waals surface area contributed by atoms with Crippen molar-refractivity contribution in [3.05, 3.63) is 35.4 Å². The van der Waals surface area contributed by atoms with Crippen LogP contribution in [0.4, 0.5) is 17.1 Å². The Bertz CT molecular complexity index is 500. The molecule has 0 fully saturated rings. The number of halogens is 4. The molecule has 0 aliphatic rings. The summed E-state index contributed by atoms with van der Waals surface area (Å²) in [5.41, 5.74) is 0.761. The van der Waals surface area contributed by atoms with Gasteiger partial charge in [0, 0.05) is 13.5 Å². The second kappa shape index (κ2) is 7.28. The molecule has 0 aliphatic carbocycles. The van der Waals surface area contributed by atoms with Crippen LogP contribution in [-0.4, -0.2) is 24.2 Å². The zero-order valence-electron chi connectivity index (χ0n) is 10.6. The van der Waals surface area contributed by atoms with Gasteiger partial charge in [0.15, 0.2) is 0 Å². The number of hydrogen-bond acceptors (Lipinski definition) is 2. The van der Waals surface area contributed by atoms with Crippen LogP contribution in [0, 0.1) is 5.41 Å². The minimum atomic E-state index is -4.26. The minimum Gasteiger partial charge on any atom is -0.376 e. The van der Waals surface area contributed by atoms with Gasteiger partial charge in [-0.3, -0.25) is 5.41 Å². The fraction of sp³-hybridized carbons (Fsp3) is 0.333. The summed E-state index contributed by atoms with van der Waals surface area (Å²) in [5, 5.41) is 9.29. The van der Waals surface area contributed by atoms with Crippen LogP contribution in [0.3, 0.4) is 0 Å². The summed E-state index contributed by atoms with van der Waals surface area (Å²) < 4.78 is 49.0. The van der Waals surface area contributed by atoms with Gasteiger partial charge < -0.3 is 5.32 Å². The van der Waals surface area contributed by atoms with Gasteiger partial charge in [-0.2, -0.15) is 17.1 Å². The van der Waals surface area contributed by atoms with Gasteiger partial charge in [0.05, 0.1) is 6.42 Å². The van der Waals surface area contributed by atoms with Crippen LogP contribution in [0.5, 0.6) is 0 Å². The molecule has 1 aromatic carbocycles. The molecule has 1 rings (SSSR count).